The minimum atomic E-state index is -0.0392. The van der Waals surface area contributed by atoms with E-state index in [0.717, 1.165) is 27.8 Å². The number of aryl methyl sites for hydroxylation is 2. The molecule has 0 unspecified atom stereocenters. The number of fused-ring (bicyclic) bond motifs is 6. The van der Waals surface area contributed by atoms with E-state index in [1.54, 1.807) is 0 Å². The van der Waals surface area contributed by atoms with Crippen molar-refractivity contribution in [3.8, 4) is 22.4 Å². The standard InChI is InChI=1S/C35H37NO/c1-19(2)26-16-31(36-18-23(26)8)33-22(7)13-14-25-28-15-27-24-11-9-10-12-29(24)35(20(3)4,21(5)6)30(27)17-32(28)37-34(25)33/h9-21H,1-8H3. The molecule has 3 aromatic carbocycles. The third kappa shape index (κ3) is 3.21. The fraction of sp³-hybridized carbons (Fsp3) is 0.343. The first-order valence-corrected chi connectivity index (χ1v) is 13.7. The van der Waals surface area contributed by atoms with Gasteiger partial charge in [0.1, 0.15) is 11.2 Å². The molecule has 188 valence electrons. The normalized spacial score (nSPS) is 14.4. The molecule has 0 aliphatic heterocycles. The number of aromatic nitrogens is 1. The molecule has 0 amide bonds. The van der Waals surface area contributed by atoms with Crippen LogP contribution in [0.4, 0.5) is 0 Å². The van der Waals surface area contributed by atoms with Crippen LogP contribution in [-0.2, 0) is 5.41 Å². The van der Waals surface area contributed by atoms with Crippen molar-refractivity contribution in [2.24, 2.45) is 11.8 Å². The largest absolute Gasteiger partial charge is 0.455 e. The van der Waals surface area contributed by atoms with Crippen molar-refractivity contribution in [3.63, 3.8) is 0 Å². The van der Waals surface area contributed by atoms with Crippen LogP contribution in [0.25, 0.3) is 44.3 Å². The van der Waals surface area contributed by atoms with E-state index in [4.69, 9.17) is 9.40 Å². The van der Waals surface area contributed by atoms with Gasteiger partial charge in [0.15, 0.2) is 0 Å². The summed E-state index contributed by atoms with van der Waals surface area (Å²) in [6.45, 7) is 18.3. The highest BCUT2D eigenvalue weighted by molar-refractivity contribution is 6.12. The summed E-state index contributed by atoms with van der Waals surface area (Å²) in [5.74, 6) is 1.36. The minimum absolute atomic E-state index is 0.0392. The van der Waals surface area contributed by atoms with Gasteiger partial charge < -0.3 is 4.42 Å². The summed E-state index contributed by atoms with van der Waals surface area (Å²) in [6.07, 6.45) is 2.01. The zero-order chi connectivity index (χ0) is 26.2. The topological polar surface area (TPSA) is 26.0 Å². The molecule has 2 aromatic heterocycles. The molecule has 2 heteroatoms. The predicted octanol–water partition coefficient (Wildman–Crippen LogP) is 9.97. The lowest BCUT2D eigenvalue weighted by Crippen LogP contribution is -2.37. The Balaban J connectivity index is 1.68. The summed E-state index contributed by atoms with van der Waals surface area (Å²) in [6, 6.07) is 20.5. The maximum absolute atomic E-state index is 6.79. The van der Waals surface area contributed by atoms with Crippen molar-refractivity contribution in [2.75, 3.05) is 0 Å². The molecule has 37 heavy (non-hydrogen) atoms. The molecule has 1 aliphatic carbocycles. The van der Waals surface area contributed by atoms with Crippen LogP contribution in [0.1, 0.15) is 75.3 Å². The molecule has 0 bridgehead atoms. The number of hydrogen-bond acceptors (Lipinski definition) is 2. The molecule has 6 rings (SSSR count). The van der Waals surface area contributed by atoms with Gasteiger partial charge in [-0.05, 0) is 88.7 Å². The Morgan fingerprint density at radius 2 is 1.46 bits per heavy atom. The van der Waals surface area contributed by atoms with E-state index in [1.165, 1.54) is 44.3 Å². The third-order valence-electron chi connectivity index (χ3n) is 8.94. The van der Waals surface area contributed by atoms with Crippen LogP contribution in [-0.4, -0.2) is 4.98 Å². The summed E-state index contributed by atoms with van der Waals surface area (Å²) in [7, 11) is 0. The van der Waals surface area contributed by atoms with Gasteiger partial charge in [0, 0.05) is 27.9 Å². The van der Waals surface area contributed by atoms with Gasteiger partial charge in [0.25, 0.3) is 0 Å². The molecular formula is C35H37NO. The summed E-state index contributed by atoms with van der Waals surface area (Å²) >= 11 is 0. The number of furan rings is 1. The van der Waals surface area contributed by atoms with Crippen LogP contribution in [0.3, 0.4) is 0 Å². The van der Waals surface area contributed by atoms with Gasteiger partial charge in [-0.15, -0.1) is 0 Å². The van der Waals surface area contributed by atoms with Gasteiger partial charge in [-0.25, -0.2) is 0 Å². The van der Waals surface area contributed by atoms with Gasteiger partial charge in [-0.1, -0.05) is 77.9 Å². The van der Waals surface area contributed by atoms with E-state index in [-0.39, 0.29) is 5.41 Å². The van der Waals surface area contributed by atoms with E-state index in [2.05, 4.69) is 110 Å². The molecule has 0 spiro atoms. The monoisotopic (exact) mass is 487 g/mol. The van der Waals surface area contributed by atoms with E-state index < -0.39 is 0 Å². The lowest BCUT2D eigenvalue weighted by atomic mass is 9.63. The van der Waals surface area contributed by atoms with Crippen molar-refractivity contribution < 1.29 is 4.42 Å². The van der Waals surface area contributed by atoms with Crippen LogP contribution in [0.5, 0.6) is 0 Å². The number of pyridine rings is 1. The highest BCUT2D eigenvalue weighted by Crippen LogP contribution is 2.57. The Labute approximate surface area is 220 Å². The molecular weight excluding hydrogens is 450 g/mol. The first-order valence-electron chi connectivity index (χ1n) is 13.7. The molecule has 0 saturated heterocycles. The zero-order valence-electron chi connectivity index (χ0n) is 23.4. The van der Waals surface area contributed by atoms with Gasteiger partial charge >= 0.3 is 0 Å². The van der Waals surface area contributed by atoms with Crippen molar-refractivity contribution in [1.82, 2.24) is 4.98 Å². The first-order chi connectivity index (χ1) is 17.7. The molecule has 1 aliphatic rings. The van der Waals surface area contributed by atoms with Crippen molar-refractivity contribution in [3.05, 3.63) is 88.6 Å². The third-order valence-corrected chi connectivity index (χ3v) is 8.94. The highest BCUT2D eigenvalue weighted by Gasteiger charge is 2.48. The fourth-order valence-corrected chi connectivity index (χ4v) is 7.30. The highest BCUT2D eigenvalue weighted by atomic mass is 16.3. The Kier molecular flexibility index (Phi) is 5.39. The van der Waals surface area contributed by atoms with E-state index >= 15 is 0 Å². The second-order valence-electron chi connectivity index (χ2n) is 11.9. The SMILES string of the molecule is Cc1cnc(-c2c(C)ccc3c2oc2cc4c(cc23)-c2ccccc2C4(C(C)C)C(C)C)cc1C(C)C. The van der Waals surface area contributed by atoms with Gasteiger partial charge in [0.2, 0.25) is 0 Å². The van der Waals surface area contributed by atoms with Crippen molar-refractivity contribution in [2.45, 2.75) is 66.7 Å². The Morgan fingerprint density at radius 3 is 2.16 bits per heavy atom. The average Bonchev–Trinajstić information content (AvgIpc) is 3.36. The lowest BCUT2D eigenvalue weighted by Gasteiger charge is -2.40. The quantitative estimate of drug-likeness (QED) is 0.252. The molecule has 2 nitrogen and oxygen atoms in total. The van der Waals surface area contributed by atoms with Crippen LogP contribution >= 0.6 is 0 Å². The smallest absolute Gasteiger partial charge is 0.145 e. The number of nitrogens with zero attached hydrogens (tertiary/aromatic N) is 1. The summed E-state index contributed by atoms with van der Waals surface area (Å²) < 4.78 is 6.79. The lowest BCUT2D eigenvalue weighted by molar-refractivity contribution is 0.280. The number of rotatable bonds is 4. The summed E-state index contributed by atoms with van der Waals surface area (Å²) in [5.41, 5.74) is 13.3. The van der Waals surface area contributed by atoms with Crippen LogP contribution in [0.15, 0.2) is 65.2 Å². The van der Waals surface area contributed by atoms with Gasteiger partial charge in [-0.3, -0.25) is 4.98 Å². The minimum Gasteiger partial charge on any atom is -0.455 e. The average molecular weight is 488 g/mol. The van der Waals surface area contributed by atoms with E-state index in [0.29, 0.717) is 17.8 Å². The predicted molar refractivity (Wildman–Crippen MR) is 156 cm³/mol. The second kappa shape index (κ2) is 8.31. The molecule has 2 heterocycles. The van der Waals surface area contributed by atoms with E-state index in [1.807, 2.05) is 6.20 Å². The number of hydrogen-bond donors (Lipinski definition) is 0. The first kappa shape index (κ1) is 24.0. The zero-order valence-corrected chi connectivity index (χ0v) is 23.4. The maximum atomic E-state index is 6.79. The van der Waals surface area contributed by atoms with Crippen LogP contribution in [0, 0.1) is 25.7 Å². The molecule has 0 fully saturated rings. The fourth-order valence-electron chi connectivity index (χ4n) is 7.30. The molecule has 0 atom stereocenters. The molecule has 0 saturated carbocycles. The van der Waals surface area contributed by atoms with Gasteiger partial charge in [-0.2, -0.15) is 0 Å². The van der Waals surface area contributed by atoms with Crippen LogP contribution < -0.4 is 0 Å². The Morgan fingerprint density at radius 1 is 0.730 bits per heavy atom. The molecule has 0 N–H and O–H groups in total. The van der Waals surface area contributed by atoms with Gasteiger partial charge in [0.05, 0.1) is 5.69 Å². The van der Waals surface area contributed by atoms with Crippen molar-refractivity contribution >= 4 is 21.9 Å². The maximum Gasteiger partial charge on any atom is 0.145 e. The Bertz CT molecular complexity index is 1670. The van der Waals surface area contributed by atoms with Crippen molar-refractivity contribution in [1.29, 1.82) is 0 Å². The summed E-state index contributed by atoms with van der Waals surface area (Å²) in [5, 5.41) is 2.35. The molecule has 5 aromatic rings. The second-order valence-corrected chi connectivity index (χ2v) is 11.9. The Hall–Kier alpha value is -3.39. The number of benzene rings is 3. The van der Waals surface area contributed by atoms with Crippen LogP contribution in [0.2, 0.25) is 0 Å². The molecule has 0 radical (unpaired) electrons. The van der Waals surface area contributed by atoms with E-state index in [9.17, 15) is 0 Å². The summed E-state index contributed by atoms with van der Waals surface area (Å²) in [4.78, 5) is 4.87.